The second-order valence-electron chi connectivity index (χ2n) is 6.82. The molecule has 142 valence electrons. The molecule has 0 saturated carbocycles. The van der Waals surface area contributed by atoms with Crippen molar-refractivity contribution >= 4 is 21.6 Å². The lowest BCUT2D eigenvalue weighted by atomic mass is 9.86. The molecule has 1 N–H and O–H groups in total. The first kappa shape index (κ1) is 17.9. The molecule has 27 heavy (non-hydrogen) atoms. The number of hydrogen-bond acceptors (Lipinski definition) is 4. The summed E-state index contributed by atoms with van der Waals surface area (Å²) in [6.07, 6.45) is 0.794. The third-order valence-corrected chi connectivity index (χ3v) is 7.32. The molecule has 8 heteroatoms. The molecule has 0 bridgehead atoms. The number of para-hydroxylation sites is 1. The normalized spacial score (nSPS) is 20.0. The molecular formula is C19H20FN3O3S. The Kier molecular flexibility index (Phi) is 4.39. The van der Waals surface area contributed by atoms with Crippen molar-refractivity contribution in [1.29, 1.82) is 0 Å². The molecule has 2 aromatic carbocycles. The van der Waals surface area contributed by atoms with Crippen LogP contribution >= 0.6 is 0 Å². The standard InChI is InChI=1S/C19H20FN3O3S/c20-15-6-8-17(9-7-15)27(25,26)22-12-10-19(11-13-22)18(24)21-14-23(19)16-4-2-1-3-5-16/h1-9H,10-14H2,(H,21,24). The average Bonchev–Trinajstić information content (AvgIpc) is 2.99. The van der Waals surface area contributed by atoms with Crippen LogP contribution in [-0.4, -0.2) is 43.9 Å². The number of halogens is 1. The Morgan fingerprint density at radius 3 is 2.22 bits per heavy atom. The minimum Gasteiger partial charge on any atom is -0.339 e. The predicted molar refractivity (Wildman–Crippen MR) is 99.1 cm³/mol. The summed E-state index contributed by atoms with van der Waals surface area (Å²) in [5, 5.41) is 2.90. The quantitative estimate of drug-likeness (QED) is 0.871. The first-order valence-electron chi connectivity index (χ1n) is 8.80. The molecule has 4 rings (SSSR count). The van der Waals surface area contributed by atoms with E-state index in [-0.39, 0.29) is 23.9 Å². The molecule has 1 spiro atoms. The number of amides is 1. The number of nitrogens with one attached hydrogen (secondary N) is 1. The number of hydrogen-bond donors (Lipinski definition) is 1. The van der Waals surface area contributed by atoms with Crippen LogP contribution in [0.2, 0.25) is 0 Å². The van der Waals surface area contributed by atoms with Crippen LogP contribution in [0.15, 0.2) is 59.5 Å². The second kappa shape index (κ2) is 6.61. The fraction of sp³-hybridized carbons (Fsp3) is 0.316. The van der Waals surface area contributed by atoms with Crippen molar-refractivity contribution in [2.45, 2.75) is 23.3 Å². The highest BCUT2D eigenvalue weighted by Gasteiger charge is 2.51. The third kappa shape index (κ3) is 2.98. The van der Waals surface area contributed by atoms with Gasteiger partial charge in [0.05, 0.1) is 11.6 Å². The highest BCUT2D eigenvalue weighted by molar-refractivity contribution is 7.89. The van der Waals surface area contributed by atoms with Crippen LogP contribution in [-0.2, 0) is 14.8 Å². The van der Waals surface area contributed by atoms with Crippen LogP contribution in [0.1, 0.15) is 12.8 Å². The molecule has 2 saturated heterocycles. The van der Waals surface area contributed by atoms with Gasteiger partial charge in [0, 0.05) is 18.8 Å². The first-order valence-corrected chi connectivity index (χ1v) is 10.2. The highest BCUT2D eigenvalue weighted by atomic mass is 32.2. The van der Waals surface area contributed by atoms with Gasteiger partial charge >= 0.3 is 0 Å². The Labute approximate surface area is 157 Å². The molecule has 2 heterocycles. The first-order chi connectivity index (χ1) is 12.9. The number of benzene rings is 2. The van der Waals surface area contributed by atoms with Gasteiger partial charge in [0.15, 0.2) is 0 Å². The van der Waals surface area contributed by atoms with E-state index in [1.165, 1.54) is 16.4 Å². The van der Waals surface area contributed by atoms with Crippen molar-refractivity contribution in [1.82, 2.24) is 9.62 Å². The number of carbonyl (C=O) groups is 1. The number of sulfonamides is 1. The van der Waals surface area contributed by atoms with Gasteiger partial charge in [-0.3, -0.25) is 4.79 Å². The van der Waals surface area contributed by atoms with Gasteiger partial charge in [-0.15, -0.1) is 0 Å². The van der Waals surface area contributed by atoms with E-state index in [2.05, 4.69) is 5.32 Å². The summed E-state index contributed by atoms with van der Waals surface area (Å²) in [6, 6.07) is 14.5. The summed E-state index contributed by atoms with van der Waals surface area (Å²) in [4.78, 5) is 14.7. The lowest BCUT2D eigenvalue weighted by molar-refractivity contribution is -0.124. The van der Waals surface area contributed by atoms with Gasteiger partial charge in [-0.1, -0.05) is 18.2 Å². The average molecular weight is 389 g/mol. The molecule has 0 unspecified atom stereocenters. The van der Waals surface area contributed by atoms with Gasteiger partial charge in [-0.05, 0) is 49.2 Å². The summed E-state index contributed by atoms with van der Waals surface area (Å²) in [6.45, 7) is 0.875. The van der Waals surface area contributed by atoms with Crippen LogP contribution in [0.5, 0.6) is 0 Å². The van der Waals surface area contributed by atoms with E-state index in [0.29, 0.717) is 19.5 Å². The molecule has 1 amide bonds. The minimum atomic E-state index is -3.71. The topological polar surface area (TPSA) is 69.7 Å². The van der Waals surface area contributed by atoms with Crippen LogP contribution in [0.3, 0.4) is 0 Å². The van der Waals surface area contributed by atoms with E-state index in [1.807, 2.05) is 35.2 Å². The number of carbonyl (C=O) groups excluding carboxylic acids is 1. The molecule has 0 radical (unpaired) electrons. The molecule has 2 aromatic rings. The van der Waals surface area contributed by atoms with Gasteiger partial charge in [0.2, 0.25) is 15.9 Å². The zero-order valence-electron chi connectivity index (χ0n) is 14.6. The Balaban J connectivity index is 1.57. The van der Waals surface area contributed by atoms with Crippen molar-refractivity contribution in [2.75, 3.05) is 24.7 Å². The zero-order valence-corrected chi connectivity index (χ0v) is 15.5. The Morgan fingerprint density at radius 1 is 0.963 bits per heavy atom. The lowest BCUT2D eigenvalue weighted by Gasteiger charge is -2.42. The Bertz CT molecular complexity index is 940. The van der Waals surface area contributed by atoms with E-state index >= 15 is 0 Å². The second-order valence-corrected chi connectivity index (χ2v) is 8.76. The zero-order chi connectivity index (χ0) is 19.1. The van der Waals surface area contributed by atoms with Gasteiger partial charge < -0.3 is 10.2 Å². The van der Waals surface area contributed by atoms with E-state index in [1.54, 1.807) is 0 Å². The summed E-state index contributed by atoms with van der Waals surface area (Å²) in [5.74, 6) is -0.544. The Hall–Kier alpha value is -2.45. The molecular weight excluding hydrogens is 369 g/mol. The largest absolute Gasteiger partial charge is 0.339 e. The fourth-order valence-electron chi connectivity index (χ4n) is 3.88. The monoisotopic (exact) mass is 389 g/mol. The van der Waals surface area contributed by atoms with E-state index in [4.69, 9.17) is 0 Å². The van der Waals surface area contributed by atoms with Crippen molar-refractivity contribution in [3.63, 3.8) is 0 Å². The van der Waals surface area contributed by atoms with Crippen molar-refractivity contribution in [3.05, 3.63) is 60.4 Å². The van der Waals surface area contributed by atoms with Crippen LogP contribution in [0.4, 0.5) is 10.1 Å². The van der Waals surface area contributed by atoms with Crippen LogP contribution in [0, 0.1) is 5.82 Å². The molecule has 6 nitrogen and oxygen atoms in total. The number of rotatable bonds is 3. The van der Waals surface area contributed by atoms with Crippen LogP contribution < -0.4 is 10.2 Å². The molecule has 0 aromatic heterocycles. The maximum absolute atomic E-state index is 13.1. The van der Waals surface area contributed by atoms with E-state index < -0.39 is 21.4 Å². The number of anilines is 1. The molecule has 0 atom stereocenters. The summed E-state index contributed by atoms with van der Waals surface area (Å²) >= 11 is 0. The molecule has 2 fully saturated rings. The maximum atomic E-state index is 13.1. The smallest absolute Gasteiger partial charge is 0.247 e. The number of nitrogens with zero attached hydrogens (tertiary/aromatic N) is 2. The summed E-state index contributed by atoms with van der Waals surface area (Å²) in [7, 11) is -3.71. The predicted octanol–water partition coefficient (Wildman–Crippen LogP) is 1.94. The summed E-state index contributed by atoms with van der Waals surface area (Å²) in [5.41, 5.74) is 0.196. The van der Waals surface area contributed by atoms with E-state index in [0.717, 1.165) is 17.8 Å². The van der Waals surface area contributed by atoms with Gasteiger partial charge in [0.1, 0.15) is 11.4 Å². The maximum Gasteiger partial charge on any atom is 0.247 e. The molecule has 2 aliphatic heterocycles. The Morgan fingerprint density at radius 2 is 1.59 bits per heavy atom. The van der Waals surface area contributed by atoms with Gasteiger partial charge in [-0.25, -0.2) is 12.8 Å². The van der Waals surface area contributed by atoms with Crippen molar-refractivity contribution in [2.24, 2.45) is 0 Å². The highest BCUT2D eigenvalue weighted by Crippen LogP contribution is 2.37. The minimum absolute atomic E-state index is 0.0646. The molecule has 2 aliphatic rings. The van der Waals surface area contributed by atoms with E-state index in [9.17, 15) is 17.6 Å². The van der Waals surface area contributed by atoms with Gasteiger partial charge in [-0.2, -0.15) is 4.31 Å². The number of piperidine rings is 1. The van der Waals surface area contributed by atoms with Crippen molar-refractivity contribution in [3.8, 4) is 0 Å². The third-order valence-electron chi connectivity index (χ3n) is 5.41. The van der Waals surface area contributed by atoms with Crippen molar-refractivity contribution < 1.29 is 17.6 Å². The van der Waals surface area contributed by atoms with Crippen LogP contribution in [0.25, 0.3) is 0 Å². The fourth-order valence-corrected chi connectivity index (χ4v) is 5.33. The molecule has 0 aliphatic carbocycles. The van der Waals surface area contributed by atoms with Gasteiger partial charge in [0.25, 0.3) is 0 Å². The lowest BCUT2D eigenvalue weighted by Crippen LogP contribution is -2.57. The SMILES string of the molecule is O=C1NCN(c2ccccc2)C12CCN(S(=O)(=O)c1ccc(F)cc1)CC2. The summed E-state index contributed by atoms with van der Waals surface area (Å²) < 4.78 is 40.1.